The molecule has 0 atom stereocenters. The van der Waals surface area contributed by atoms with Crippen LogP contribution in [0.15, 0.2) is 48.5 Å². The Labute approximate surface area is 184 Å². The van der Waals surface area contributed by atoms with Crippen molar-refractivity contribution in [3.05, 3.63) is 65.2 Å². The van der Waals surface area contributed by atoms with E-state index in [1.807, 2.05) is 0 Å². The minimum atomic E-state index is -4.38. The number of carbonyl (C=O) groups excluding carboxylic acids is 2. The first-order chi connectivity index (χ1) is 15.3. The number of unbranched alkanes of at least 4 members (excludes halogenated alkanes) is 1. The zero-order valence-corrected chi connectivity index (χ0v) is 17.6. The summed E-state index contributed by atoms with van der Waals surface area (Å²) in [6.07, 6.45) is -1.41. The molecule has 2 aromatic rings. The first-order valence-corrected chi connectivity index (χ1v) is 10.8. The van der Waals surface area contributed by atoms with Crippen LogP contribution in [-0.2, 0) is 6.18 Å². The van der Waals surface area contributed by atoms with Crippen LogP contribution in [0.4, 0.5) is 13.2 Å². The first-order valence-electron chi connectivity index (χ1n) is 10.8. The summed E-state index contributed by atoms with van der Waals surface area (Å²) in [5.41, 5.74) is 0.242. The van der Waals surface area contributed by atoms with Crippen LogP contribution in [0, 0.1) is 0 Å². The first kappa shape index (κ1) is 22.3. The van der Waals surface area contributed by atoms with Crippen molar-refractivity contribution in [1.82, 2.24) is 9.80 Å². The van der Waals surface area contributed by atoms with E-state index < -0.39 is 11.7 Å². The molecule has 4 rings (SSSR count). The van der Waals surface area contributed by atoms with Gasteiger partial charge in [0.1, 0.15) is 11.9 Å². The maximum Gasteiger partial charge on any atom is 0.416 e. The molecule has 170 valence electrons. The van der Waals surface area contributed by atoms with Crippen LogP contribution in [0.25, 0.3) is 0 Å². The van der Waals surface area contributed by atoms with Gasteiger partial charge in [-0.1, -0.05) is 18.2 Å². The fourth-order valence-corrected chi connectivity index (χ4v) is 4.24. The van der Waals surface area contributed by atoms with Crippen LogP contribution in [0.5, 0.6) is 5.75 Å². The lowest BCUT2D eigenvalue weighted by molar-refractivity contribution is -0.137. The van der Waals surface area contributed by atoms with Gasteiger partial charge in [0.2, 0.25) is 0 Å². The normalized spacial score (nSPS) is 17.7. The summed E-state index contributed by atoms with van der Waals surface area (Å²) in [5, 5.41) is 0. The second kappa shape index (κ2) is 9.32. The molecule has 0 bridgehead atoms. The van der Waals surface area contributed by atoms with Crippen LogP contribution in [0.3, 0.4) is 0 Å². The number of carbonyl (C=O) groups is 2. The Kier molecular flexibility index (Phi) is 6.50. The lowest BCUT2D eigenvalue weighted by Crippen LogP contribution is -2.39. The Bertz CT molecular complexity index is 949. The largest absolute Gasteiger partial charge is 0.490 e. The van der Waals surface area contributed by atoms with E-state index >= 15 is 0 Å². The molecular weight excluding hydrogens is 421 g/mol. The minimum Gasteiger partial charge on any atom is -0.490 e. The van der Waals surface area contributed by atoms with Crippen molar-refractivity contribution in [2.45, 2.75) is 38.0 Å². The van der Waals surface area contributed by atoms with Crippen LogP contribution in [0.1, 0.15) is 52.0 Å². The van der Waals surface area contributed by atoms with Gasteiger partial charge >= 0.3 is 6.18 Å². The smallest absolute Gasteiger partial charge is 0.416 e. The average Bonchev–Trinajstić information content (AvgIpc) is 3.02. The molecule has 0 saturated carbocycles. The Hall–Kier alpha value is -2.87. The number of fused-ring (bicyclic) bond motifs is 1. The third-order valence-corrected chi connectivity index (χ3v) is 5.98. The van der Waals surface area contributed by atoms with E-state index in [1.54, 1.807) is 30.3 Å². The quantitative estimate of drug-likeness (QED) is 0.460. The van der Waals surface area contributed by atoms with Gasteiger partial charge in [-0.3, -0.25) is 14.5 Å². The number of halogens is 3. The highest BCUT2D eigenvalue weighted by atomic mass is 19.4. The molecule has 2 amide bonds. The van der Waals surface area contributed by atoms with Gasteiger partial charge in [-0.15, -0.1) is 0 Å². The van der Waals surface area contributed by atoms with E-state index in [0.29, 0.717) is 17.7 Å². The zero-order valence-electron chi connectivity index (χ0n) is 17.6. The Morgan fingerprint density at radius 3 is 2.12 bits per heavy atom. The third kappa shape index (κ3) is 4.96. The summed E-state index contributed by atoms with van der Waals surface area (Å²) in [6, 6.07) is 11.9. The molecule has 1 saturated heterocycles. The topological polar surface area (TPSA) is 49.9 Å². The molecule has 2 aliphatic rings. The highest BCUT2D eigenvalue weighted by Gasteiger charge is 2.34. The number of ether oxygens (including phenoxy) is 1. The predicted octanol–water partition coefficient (Wildman–Crippen LogP) is 4.63. The molecule has 0 unspecified atom stereocenters. The van der Waals surface area contributed by atoms with E-state index in [0.717, 1.165) is 57.5 Å². The summed E-state index contributed by atoms with van der Waals surface area (Å²) in [5.74, 6) is -0.199. The molecule has 0 N–H and O–H groups in total. The lowest BCUT2D eigenvalue weighted by atomic mass is 10.1. The van der Waals surface area contributed by atoms with Crippen molar-refractivity contribution < 1.29 is 27.5 Å². The van der Waals surface area contributed by atoms with E-state index in [9.17, 15) is 22.8 Å². The van der Waals surface area contributed by atoms with Gasteiger partial charge in [-0.25, -0.2) is 0 Å². The van der Waals surface area contributed by atoms with Gasteiger partial charge in [0.05, 0.1) is 16.7 Å². The van der Waals surface area contributed by atoms with Crippen molar-refractivity contribution >= 4 is 11.8 Å². The standard InChI is InChI=1S/C24H25F3N2O3/c25-24(26,27)17-6-5-7-19(16-17)32-18-10-14-28(15-11-18)12-3-4-13-29-22(30)20-8-1-2-9-21(20)23(29)31/h1-2,5-9,16,18H,3-4,10-15H2. The van der Waals surface area contributed by atoms with E-state index in [1.165, 1.54) is 11.0 Å². The van der Waals surface area contributed by atoms with Gasteiger partial charge in [-0.2, -0.15) is 13.2 Å². The highest BCUT2D eigenvalue weighted by Crippen LogP contribution is 2.32. The number of imide groups is 1. The molecule has 2 heterocycles. The fourth-order valence-electron chi connectivity index (χ4n) is 4.24. The molecule has 0 aromatic heterocycles. The maximum atomic E-state index is 12.9. The SMILES string of the molecule is O=C1c2ccccc2C(=O)N1CCCCN1CCC(Oc2cccc(C(F)(F)F)c2)CC1. The molecular formula is C24H25F3N2O3. The number of hydrogen-bond acceptors (Lipinski definition) is 4. The summed E-state index contributed by atoms with van der Waals surface area (Å²) < 4.78 is 44.3. The molecule has 32 heavy (non-hydrogen) atoms. The van der Waals surface area contributed by atoms with Crippen LogP contribution >= 0.6 is 0 Å². The maximum absolute atomic E-state index is 12.9. The Morgan fingerprint density at radius 2 is 1.50 bits per heavy atom. The van der Waals surface area contributed by atoms with E-state index in [4.69, 9.17) is 4.74 Å². The van der Waals surface area contributed by atoms with Crippen molar-refractivity contribution in [2.24, 2.45) is 0 Å². The van der Waals surface area contributed by atoms with Crippen molar-refractivity contribution in [3.63, 3.8) is 0 Å². The second-order valence-corrected chi connectivity index (χ2v) is 8.20. The monoisotopic (exact) mass is 446 g/mol. The Morgan fingerprint density at radius 1 is 0.875 bits per heavy atom. The number of nitrogens with zero attached hydrogens (tertiary/aromatic N) is 2. The molecule has 5 nitrogen and oxygen atoms in total. The van der Waals surface area contributed by atoms with Gasteiger partial charge in [-0.05, 0) is 62.6 Å². The predicted molar refractivity (Wildman–Crippen MR) is 113 cm³/mol. The number of rotatable bonds is 7. The second-order valence-electron chi connectivity index (χ2n) is 8.20. The van der Waals surface area contributed by atoms with Crippen molar-refractivity contribution in [1.29, 1.82) is 0 Å². The van der Waals surface area contributed by atoms with Crippen LogP contribution < -0.4 is 4.74 Å². The molecule has 2 aromatic carbocycles. The van der Waals surface area contributed by atoms with Crippen molar-refractivity contribution in [2.75, 3.05) is 26.2 Å². The molecule has 0 radical (unpaired) electrons. The number of benzene rings is 2. The number of amides is 2. The van der Waals surface area contributed by atoms with Crippen molar-refractivity contribution in [3.8, 4) is 5.75 Å². The average molecular weight is 446 g/mol. The highest BCUT2D eigenvalue weighted by molar-refractivity contribution is 6.21. The molecule has 8 heteroatoms. The third-order valence-electron chi connectivity index (χ3n) is 5.98. The van der Waals surface area contributed by atoms with E-state index in [-0.39, 0.29) is 23.7 Å². The molecule has 0 spiro atoms. The lowest BCUT2D eigenvalue weighted by Gasteiger charge is -2.32. The number of alkyl halides is 3. The van der Waals surface area contributed by atoms with Crippen LogP contribution in [0.2, 0.25) is 0 Å². The van der Waals surface area contributed by atoms with Gasteiger partial charge in [0.25, 0.3) is 11.8 Å². The van der Waals surface area contributed by atoms with E-state index in [2.05, 4.69) is 4.90 Å². The summed E-state index contributed by atoms with van der Waals surface area (Å²) in [4.78, 5) is 28.4. The molecule has 2 aliphatic heterocycles. The summed E-state index contributed by atoms with van der Waals surface area (Å²) >= 11 is 0. The van der Waals surface area contributed by atoms with Gasteiger partial charge < -0.3 is 9.64 Å². The minimum absolute atomic E-state index is 0.104. The van der Waals surface area contributed by atoms with Gasteiger partial charge in [0.15, 0.2) is 0 Å². The molecule has 0 aliphatic carbocycles. The Balaban J connectivity index is 1.17. The zero-order chi connectivity index (χ0) is 22.7. The summed E-state index contributed by atoms with van der Waals surface area (Å²) in [6.45, 7) is 2.86. The summed E-state index contributed by atoms with van der Waals surface area (Å²) in [7, 11) is 0. The fraction of sp³-hybridized carbons (Fsp3) is 0.417. The van der Waals surface area contributed by atoms with Crippen LogP contribution in [-0.4, -0.2) is 53.9 Å². The van der Waals surface area contributed by atoms with Gasteiger partial charge in [0, 0.05) is 19.6 Å². The molecule has 1 fully saturated rings. The number of hydrogen-bond donors (Lipinski definition) is 0. The number of likely N-dealkylation sites (tertiary alicyclic amines) is 1. The number of piperidine rings is 1.